The third-order valence-electron chi connectivity index (χ3n) is 3.32. The molecular weight excluding hydrogens is 300 g/mol. The predicted molar refractivity (Wildman–Crippen MR) is 88.0 cm³/mol. The molecule has 0 aromatic carbocycles. The quantitative estimate of drug-likeness (QED) is 0.442. The van der Waals surface area contributed by atoms with Gasteiger partial charge >= 0.3 is 6.03 Å². The Labute approximate surface area is 134 Å². The van der Waals surface area contributed by atoms with Crippen LogP contribution in [0.5, 0.6) is 0 Å². The molecule has 0 unspecified atom stereocenters. The first-order valence-corrected chi connectivity index (χ1v) is 8.54. The van der Waals surface area contributed by atoms with Gasteiger partial charge in [-0.1, -0.05) is 0 Å². The number of H-pyrrole nitrogens is 1. The average molecular weight is 322 g/mol. The summed E-state index contributed by atoms with van der Waals surface area (Å²) in [4.78, 5) is 29.1. The van der Waals surface area contributed by atoms with Crippen molar-refractivity contribution in [1.82, 2.24) is 30.2 Å². The smallest absolute Gasteiger partial charge is 0.317 e. The first-order valence-electron chi connectivity index (χ1n) is 7.55. The van der Waals surface area contributed by atoms with Gasteiger partial charge in [0.2, 0.25) is 0 Å². The van der Waals surface area contributed by atoms with Crippen LogP contribution in [0.15, 0.2) is 17.7 Å². The van der Waals surface area contributed by atoms with Gasteiger partial charge in [0.25, 0.3) is 0 Å². The molecule has 2 rings (SSSR count). The lowest BCUT2D eigenvalue weighted by Crippen LogP contribution is -2.40. The first kappa shape index (κ1) is 16.5. The summed E-state index contributed by atoms with van der Waals surface area (Å²) in [5, 5.41) is 3.87. The van der Waals surface area contributed by atoms with Gasteiger partial charge in [0, 0.05) is 19.6 Å². The molecule has 2 N–H and O–H groups in total. The number of amides is 2. The van der Waals surface area contributed by atoms with E-state index in [1.165, 1.54) is 6.33 Å². The highest BCUT2D eigenvalue weighted by Gasteiger charge is 2.08. The normalized spacial score (nSPS) is 10.8. The molecule has 2 aromatic heterocycles. The number of hydrogen-bond donors (Lipinski definition) is 2. The summed E-state index contributed by atoms with van der Waals surface area (Å²) in [7, 11) is 0. The summed E-state index contributed by atoms with van der Waals surface area (Å²) in [6.45, 7) is 6.16. The summed E-state index contributed by atoms with van der Waals surface area (Å²) in [6.07, 6.45) is 5.14. The maximum atomic E-state index is 11.8. The fraction of sp³-hybridized carbons (Fsp3) is 0.571. The zero-order valence-corrected chi connectivity index (χ0v) is 13.8. The molecule has 0 aliphatic rings. The lowest BCUT2D eigenvalue weighted by atomic mass is 10.3. The number of nitrogens with zero attached hydrogens (tertiary/aromatic N) is 4. The number of carbonyl (C=O) groups excluding carboxylic acids is 1. The second-order valence-electron chi connectivity index (χ2n) is 4.74. The van der Waals surface area contributed by atoms with Crippen molar-refractivity contribution in [2.24, 2.45) is 0 Å². The SMILES string of the molecule is CCN(CC)C(=O)NCCCCSc1ncnc2nc[nH]c12. The van der Waals surface area contributed by atoms with E-state index in [1.807, 2.05) is 13.8 Å². The summed E-state index contributed by atoms with van der Waals surface area (Å²) in [5.74, 6) is 0.951. The molecule has 7 nitrogen and oxygen atoms in total. The Morgan fingerprint density at radius 3 is 2.86 bits per heavy atom. The maximum Gasteiger partial charge on any atom is 0.317 e. The summed E-state index contributed by atoms with van der Waals surface area (Å²) >= 11 is 1.68. The van der Waals surface area contributed by atoms with Crippen LogP contribution in [0.4, 0.5) is 4.79 Å². The lowest BCUT2D eigenvalue weighted by molar-refractivity contribution is 0.203. The fourth-order valence-corrected chi connectivity index (χ4v) is 3.02. The molecule has 0 aliphatic carbocycles. The van der Waals surface area contributed by atoms with E-state index in [0.717, 1.165) is 42.2 Å². The average Bonchev–Trinajstić information content (AvgIpc) is 3.01. The van der Waals surface area contributed by atoms with Crippen molar-refractivity contribution in [2.75, 3.05) is 25.4 Å². The highest BCUT2D eigenvalue weighted by atomic mass is 32.2. The first-order chi connectivity index (χ1) is 10.8. The van der Waals surface area contributed by atoms with Crippen LogP contribution in [0, 0.1) is 0 Å². The zero-order chi connectivity index (χ0) is 15.8. The molecule has 2 heterocycles. The van der Waals surface area contributed by atoms with Crippen molar-refractivity contribution < 1.29 is 4.79 Å². The third kappa shape index (κ3) is 4.33. The van der Waals surface area contributed by atoms with Gasteiger partial charge in [0.1, 0.15) is 16.9 Å². The molecular formula is C14H22N6OS. The van der Waals surface area contributed by atoms with Crippen LogP contribution < -0.4 is 5.32 Å². The van der Waals surface area contributed by atoms with Crippen LogP contribution in [-0.4, -0.2) is 56.3 Å². The van der Waals surface area contributed by atoms with E-state index in [0.29, 0.717) is 12.2 Å². The highest BCUT2D eigenvalue weighted by molar-refractivity contribution is 7.99. The van der Waals surface area contributed by atoms with Crippen molar-refractivity contribution in [3.8, 4) is 0 Å². The Balaban J connectivity index is 1.66. The van der Waals surface area contributed by atoms with Gasteiger partial charge in [-0.05, 0) is 32.4 Å². The van der Waals surface area contributed by atoms with E-state index in [9.17, 15) is 4.79 Å². The molecule has 22 heavy (non-hydrogen) atoms. The molecule has 0 fully saturated rings. The van der Waals surface area contributed by atoms with E-state index in [2.05, 4.69) is 25.3 Å². The Bertz CT molecular complexity index is 598. The van der Waals surface area contributed by atoms with Gasteiger partial charge in [-0.15, -0.1) is 11.8 Å². The lowest BCUT2D eigenvalue weighted by Gasteiger charge is -2.19. The third-order valence-corrected chi connectivity index (χ3v) is 4.40. The van der Waals surface area contributed by atoms with Gasteiger partial charge in [-0.2, -0.15) is 0 Å². The van der Waals surface area contributed by atoms with Crippen LogP contribution in [0.2, 0.25) is 0 Å². The molecule has 0 radical (unpaired) electrons. The van der Waals surface area contributed by atoms with Gasteiger partial charge in [0.05, 0.1) is 6.33 Å². The number of hydrogen-bond acceptors (Lipinski definition) is 5. The van der Waals surface area contributed by atoms with Crippen LogP contribution in [-0.2, 0) is 0 Å². The molecule has 0 bridgehead atoms. The Morgan fingerprint density at radius 2 is 2.09 bits per heavy atom. The largest absolute Gasteiger partial charge is 0.341 e. The maximum absolute atomic E-state index is 11.8. The van der Waals surface area contributed by atoms with Gasteiger partial charge in [-0.25, -0.2) is 19.7 Å². The molecule has 120 valence electrons. The number of carbonyl (C=O) groups is 1. The predicted octanol–water partition coefficient (Wildman–Crippen LogP) is 2.28. The van der Waals surface area contributed by atoms with E-state index in [-0.39, 0.29) is 6.03 Å². The van der Waals surface area contributed by atoms with E-state index >= 15 is 0 Å². The molecule has 0 spiro atoms. The number of fused-ring (bicyclic) bond motifs is 1. The number of imidazole rings is 1. The number of aromatic amines is 1. The van der Waals surface area contributed by atoms with E-state index < -0.39 is 0 Å². The highest BCUT2D eigenvalue weighted by Crippen LogP contribution is 2.22. The molecule has 8 heteroatoms. The van der Waals surface area contributed by atoms with Crippen LogP contribution in [0.1, 0.15) is 26.7 Å². The van der Waals surface area contributed by atoms with Crippen molar-refractivity contribution in [2.45, 2.75) is 31.7 Å². The Kier molecular flexibility index (Phi) is 6.45. The van der Waals surface area contributed by atoms with E-state index in [4.69, 9.17) is 0 Å². The topological polar surface area (TPSA) is 86.8 Å². The fourth-order valence-electron chi connectivity index (χ4n) is 2.07. The molecule has 2 amide bonds. The van der Waals surface area contributed by atoms with Crippen LogP contribution in [0.3, 0.4) is 0 Å². The Morgan fingerprint density at radius 1 is 1.27 bits per heavy atom. The minimum Gasteiger partial charge on any atom is -0.341 e. The Hall–Kier alpha value is -1.83. The van der Waals surface area contributed by atoms with Gasteiger partial charge in [-0.3, -0.25) is 0 Å². The van der Waals surface area contributed by atoms with E-state index in [1.54, 1.807) is 23.0 Å². The summed E-state index contributed by atoms with van der Waals surface area (Å²) < 4.78 is 0. The monoisotopic (exact) mass is 322 g/mol. The zero-order valence-electron chi connectivity index (χ0n) is 13.0. The standard InChI is InChI=1S/C14H22N6OS/c1-3-20(4-2)14(21)15-7-5-6-8-22-13-11-12(17-9-16-11)18-10-19-13/h9-10H,3-8H2,1-2H3,(H,15,21)(H,16,17,18,19). The van der Waals surface area contributed by atoms with Crippen molar-refractivity contribution >= 4 is 29.0 Å². The number of urea groups is 1. The number of aromatic nitrogens is 4. The number of thioether (sulfide) groups is 1. The van der Waals surface area contributed by atoms with Gasteiger partial charge in [0.15, 0.2) is 5.65 Å². The van der Waals surface area contributed by atoms with Crippen LogP contribution >= 0.6 is 11.8 Å². The van der Waals surface area contributed by atoms with Gasteiger partial charge < -0.3 is 15.2 Å². The molecule has 0 saturated heterocycles. The summed E-state index contributed by atoms with van der Waals surface area (Å²) in [5.41, 5.74) is 1.59. The molecule has 0 aliphatic heterocycles. The number of rotatable bonds is 8. The molecule has 0 saturated carbocycles. The van der Waals surface area contributed by atoms with Crippen molar-refractivity contribution in [1.29, 1.82) is 0 Å². The minimum atomic E-state index is 0.0209. The van der Waals surface area contributed by atoms with Crippen LogP contribution in [0.25, 0.3) is 11.2 Å². The van der Waals surface area contributed by atoms with Crippen molar-refractivity contribution in [3.63, 3.8) is 0 Å². The number of unbranched alkanes of at least 4 members (excludes halogenated alkanes) is 1. The second-order valence-corrected chi connectivity index (χ2v) is 5.82. The minimum absolute atomic E-state index is 0.0209. The number of nitrogens with one attached hydrogen (secondary N) is 2. The summed E-state index contributed by atoms with van der Waals surface area (Å²) in [6, 6.07) is 0.0209. The molecule has 0 atom stereocenters. The second kappa shape index (κ2) is 8.57. The molecule has 2 aromatic rings. The van der Waals surface area contributed by atoms with Crippen molar-refractivity contribution in [3.05, 3.63) is 12.7 Å².